The number of para-hydroxylation sites is 1. The van der Waals surface area contributed by atoms with E-state index in [0.29, 0.717) is 18.5 Å². The second kappa shape index (κ2) is 9.05. The van der Waals surface area contributed by atoms with Gasteiger partial charge in [0.05, 0.1) is 22.7 Å². The lowest BCUT2D eigenvalue weighted by Gasteiger charge is -2.23. The molecule has 3 rings (SSSR count). The lowest BCUT2D eigenvalue weighted by molar-refractivity contribution is -0.129. The first kappa shape index (κ1) is 20.8. The number of anilines is 1. The molecule has 0 N–H and O–H groups in total. The molecule has 6 nitrogen and oxygen atoms in total. The molecular formula is C22H23NO5S. The van der Waals surface area contributed by atoms with Crippen LogP contribution in [0.25, 0.3) is 0 Å². The van der Waals surface area contributed by atoms with E-state index in [1.807, 2.05) is 0 Å². The van der Waals surface area contributed by atoms with Gasteiger partial charge in [0.1, 0.15) is 0 Å². The molecule has 7 heteroatoms. The number of hydrogen-bond acceptors (Lipinski definition) is 5. The molecule has 0 radical (unpaired) electrons. The Bertz CT molecular complexity index is 1000. The molecule has 0 aliphatic heterocycles. The van der Waals surface area contributed by atoms with E-state index in [0.717, 1.165) is 12.8 Å². The lowest BCUT2D eigenvalue weighted by Crippen LogP contribution is -2.32. The molecule has 29 heavy (non-hydrogen) atoms. The van der Waals surface area contributed by atoms with E-state index >= 15 is 0 Å². The molecule has 0 unspecified atom stereocenters. The third-order valence-electron chi connectivity index (χ3n) is 4.74. The molecule has 1 aliphatic rings. The molecule has 1 atom stereocenters. The zero-order valence-electron chi connectivity index (χ0n) is 16.0. The molecule has 0 bridgehead atoms. The van der Waals surface area contributed by atoms with Gasteiger partial charge in [0, 0.05) is 6.42 Å². The molecule has 1 aliphatic carbocycles. The average molecular weight is 413 g/mol. The summed E-state index contributed by atoms with van der Waals surface area (Å²) in [5, 5.41) is 0. The van der Waals surface area contributed by atoms with E-state index in [1.165, 1.54) is 34.6 Å². The highest BCUT2D eigenvalue weighted by molar-refractivity contribution is 7.92. The van der Waals surface area contributed by atoms with Crippen LogP contribution in [-0.2, 0) is 19.6 Å². The highest BCUT2D eigenvalue weighted by Crippen LogP contribution is 2.25. The van der Waals surface area contributed by atoms with Gasteiger partial charge in [-0.1, -0.05) is 30.3 Å². The quantitative estimate of drug-likeness (QED) is 0.510. The van der Waals surface area contributed by atoms with Crippen molar-refractivity contribution >= 4 is 27.5 Å². The number of hydrogen-bond donors (Lipinski definition) is 0. The number of rotatable bonds is 7. The minimum atomic E-state index is -3.93. The van der Waals surface area contributed by atoms with E-state index in [1.54, 1.807) is 30.3 Å². The number of carbonyl (C=O) groups is 2. The zero-order valence-corrected chi connectivity index (χ0v) is 16.8. The standard InChI is InChI=1S/C22H23NO5S/c1-2-15-23(18-10-4-3-5-11-18)29(26,27)19-12-8-9-17(16-19)22(25)28-21-14-7-6-13-20(21)24/h2-5,8-12,16,21H,1,6-7,13-15H2/t21-/m0/s1. The number of ether oxygens (including phenoxy) is 1. The van der Waals surface area contributed by atoms with Gasteiger partial charge in [-0.25, -0.2) is 13.2 Å². The Morgan fingerprint density at radius 3 is 2.59 bits per heavy atom. The highest BCUT2D eigenvalue weighted by atomic mass is 32.2. The van der Waals surface area contributed by atoms with Crippen molar-refractivity contribution in [3.63, 3.8) is 0 Å². The van der Waals surface area contributed by atoms with Gasteiger partial charge in [0.15, 0.2) is 11.9 Å². The predicted molar refractivity (Wildman–Crippen MR) is 110 cm³/mol. The van der Waals surface area contributed by atoms with Crippen LogP contribution in [0.2, 0.25) is 0 Å². The SMILES string of the molecule is C=CCN(c1ccccc1)S(=O)(=O)c1cccc(C(=O)O[C@H]2CCCCC2=O)c1. The molecule has 0 saturated heterocycles. The summed E-state index contributed by atoms with van der Waals surface area (Å²) >= 11 is 0. The van der Waals surface area contributed by atoms with Crippen molar-refractivity contribution in [1.82, 2.24) is 0 Å². The fraction of sp³-hybridized carbons (Fsp3) is 0.273. The van der Waals surface area contributed by atoms with Gasteiger partial charge in [-0.15, -0.1) is 6.58 Å². The van der Waals surface area contributed by atoms with Crippen molar-refractivity contribution in [2.75, 3.05) is 10.8 Å². The summed E-state index contributed by atoms with van der Waals surface area (Å²) in [7, 11) is -3.93. The third kappa shape index (κ3) is 4.74. The van der Waals surface area contributed by atoms with Crippen molar-refractivity contribution in [3.05, 3.63) is 72.8 Å². The zero-order chi connectivity index (χ0) is 20.9. The van der Waals surface area contributed by atoms with E-state index in [-0.39, 0.29) is 22.8 Å². The Labute approximate surface area is 170 Å². The topological polar surface area (TPSA) is 80.8 Å². The van der Waals surface area contributed by atoms with Crippen LogP contribution in [0.5, 0.6) is 0 Å². The second-order valence-electron chi connectivity index (χ2n) is 6.79. The first-order valence-electron chi connectivity index (χ1n) is 9.46. The fourth-order valence-corrected chi connectivity index (χ4v) is 4.72. The highest BCUT2D eigenvalue weighted by Gasteiger charge is 2.28. The summed E-state index contributed by atoms with van der Waals surface area (Å²) in [6.07, 6.45) is 3.28. The monoisotopic (exact) mass is 413 g/mol. The van der Waals surface area contributed by atoms with Gasteiger partial charge in [0.25, 0.3) is 10.0 Å². The summed E-state index contributed by atoms with van der Waals surface area (Å²) in [6.45, 7) is 3.72. The Kier molecular flexibility index (Phi) is 6.49. The molecule has 0 spiro atoms. The normalized spacial score (nSPS) is 16.8. The lowest BCUT2D eigenvalue weighted by atomic mass is 9.96. The number of nitrogens with zero attached hydrogens (tertiary/aromatic N) is 1. The van der Waals surface area contributed by atoms with Crippen LogP contribution in [0, 0.1) is 0 Å². The van der Waals surface area contributed by atoms with Crippen molar-refractivity contribution in [1.29, 1.82) is 0 Å². The molecule has 0 amide bonds. The molecule has 1 saturated carbocycles. The number of carbonyl (C=O) groups excluding carboxylic acids is 2. The molecule has 0 heterocycles. The average Bonchev–Trinajstić information content (AvgIpc) is 2.74. The maximum atomic E-state index is 13.2. The van der Waals surface area contributed by atoms with Gasteiger partial charge >= 0.3 is 5.97 Å². The molecule has 2 aromatic rings. The van der Waals surface area contributed by atoms with Crippen molar-refractivity contribution in [3.8, 4) is 0 Å². The van der Waals surface area contributed by atoms with Crippen LogP contribution >= 0.6 is 0 Å². The Morgan fingerprint density at radius 1 is 1.14 bits per heavy atom. The Morgan fingerprint density at radius 2 is 1.90 bits per heavy atom. The number of sulfonamides is 1. The minimum Gasteiger partial charge on any atom is -0.451 e. The Balaban J connectivity index is 1.87. The van der Waals surface area contributed by atoms with E-state index in [2.05, 4.69) is 6.58 Å². The van der Waals surface area contributed by atoms with Crippen LogP contribution in [0.1, 0.15) is 36.0 Å². The number of Topliss-reactive ketones (excluding diaryl/α,β-unsaturated/α-hetero) is 1. The largest absolute Gasteiger partial charge is 0.451 e. The number of ketones is 1. The van der Waals surface area contributed by atoms with Gasteiger partial charge < -0.3 is 4.74 Å². The van der Waals surface area contributed by atoms with Crippen molar-refractivity contribution in [2.45, 2.75) is 36.7 Å². The number of benzene rings is 2. The van der Waals surface area contributed by atoms with Crippen molar-refractivity contribution < 1.29 is 22.7 Å². The summed E-state index contributed by atoms with van der Waals surface area (Å²) < 4.78 is 33.0. The first-order chi connectivity index (χ1) is 13.9. The minimum absolute atomic E-state index is 0.0346. The molecule has 152 valence electrons. The summed E-state index contributed by atoms with van der Waals surface area (Å²) in [4.78, 5) is 24.4. The van der Waals surface area contributed by atoms with Gasteiger partial charge in [-0.05, 0) is 49.6 Å². The summed E-state index contributed by atoms with van der Waals surface area (Å²) in [5.74, 6) is -0.785. The van der Waals surface area contributed by atoms with Gasteiger partial charge in [-0.3, -0.25) is 9.10 Å². The molecular weight excluding hydrogens is 390 g/mol. The Hall–Kier alpha value is -2.93. The van der Waals surface area contributed by atoms with E-state index in [4.69, 9.17) is 4.74 Å². The van der Waals surface area contributed by atoms with E-state index in [9.17, 15) is 18.0 Å². The fourth-order valence-electron chi connectivity index (χ4n) is 3.24. The second-order valence-corrected chi connectivity index (χ2v) is 8.66. The molecule has 1 fully saturated rings. The van der Waals surface area contributed by atoms with E-state index < -0.39 is 22.1 Å². The van der Waals surface area contributed by atoms with Gasteiger partial charge in [-0.2, -0.15) is 0 Å². The number of esters is 1. The molecule has 0 aromatic heterocycles. The maximum Gasteiger partial charge on any atom is 0.338 e. The summed E-state index contributed by atoms with van der Waals surface area (Å²) in [5.41, 5.74) is 0.587. The van der Waals surface area contributed by atoms with Crippen LogP contribution in [0.15, 0.2) is 72.1 Å². The summed E-state index contributed by atoms with van der Waals surface area (Å²) in [6, 6.07) is 14.3. The third-order valence-corrected chi connectivity index (χ3v) is 6.53. The maximum absolute atomic E-state index is 13.2. The first-order valence-corrected chi connectivity index (χ1v) is 10.9. The van der Waals surface area contributed by atoms with Crippen LogP contribution in [0.3, 0.4) is 0 Å². The van der Waals surface area contributed by atoms with Crippen LogP contribution < -0.4 is 4.31 Å². The van der Waals surface area contributed by atoms with Crippen LogP contribution in [0.4, 0.5) is 5.69 Å². The molecule has 2 aromatic carbocycles. The van der Waals surface area contributed by atoms with Gasteiger partial charge in [0.2, 0.25) is 0 Å². The predicted octanol–water partition coefficient (Wildman–Crippen LogP) is 3.74. The smallest absolute Gasteiger partial charge is 0.338 e. The van der Waals surface area contributed by atoms with Crippen molar-refractivity contribution in [2.24, 2.45) is 0 Å². The van der Waals surface area contributed by atoms with Crippen LogP contribution in [-0.4, -0.2) is 32.8 Å².